The minimum atomic E-state index is 0.374. The molecule has 0 spiro atoms. The lowest BCUT2D eigenvalue weighted by molar-refractivity contribution is -0.00531. The highest BCUT2D eigenvalue weighted by Gasteiger charge is 2.45. The third-order valence-corrected chi connectivity index (χ3v) is 5.75. The summed E-state index contributed by atoms with van der Waals surface area (Å²) in [4.78, 5) is 2.76. The van der Waals surface area contributed by atoms with E-state index in [2.05, 4.69) is 24.1 Å². The molecule has 2 aliphatic heterocycles. The SMILES string of the molecule is CCC1CNC(C)(C2CC2)CN1CCC1CCCCO1. The van der Waals surface area contributed by atoms with Crippen molar-refractivity contribution in [3.63, 3.8) is 0 Å². The van der Waals surface area contributed by atoms with Crippen LogP contribution in [0.5, 0.6) is 0 Å². The maximum atomic E-state index is 5.91. The monoisotopic (exact) mass is 280 g/mol. The zero-order valence-corrected chi connectivity index (χ0v) is 13.4. The van der Waals surface area contributed by atoms with Gasteiger partial charge in [-0.25, -0.2) is 0 Å². The standard InChI is InChI=1S/C17H32N2O/c1-3-15-12-18-17(2,14-7-8-14)13-19(15)10-9-16-6-4-5-11-20-16/h14-16,18H,3-13H2,1-2H3. The summed E-state index contributed by atoms with van der Waals surface area (Å²) < 4.78 is 5.91. The van der Waals surface area contributed by atoms with E-state index in [1.807, 2.05) is 0 Å². The number of nitrogens with zero attached hydrogens (tertiary/aromatic N) is 1. The summed E-state index contributed by atoms with van der Waals surface area (Å²) in [6.45, 7) is 9.41. The first-order chi connectivity index (χ1) is 9.71. The van der Waals surface area contributed by atoms with E-state index in [9.17, 15) is 0 Å². The van der Waals surface area contributed by atoms with Gasteiger partial charge in [-0.2, -0.15) is 0 Å². The molecule has 0 amide bonds. The average Bonchev–Trinajstić information content (AvgIpc) is 3.31. The van der Waals surface area contributed by atoms with Crippen molar-refractivity contribution in [2.24, 2.45) is 5.92 Å². The highest BCUT2D eigenvalue weighted by molar-refractivity contribution is 5.03. The van der Waals surface area contributed by atoms with Gasteiger partial charge in [0.2, 0.25) is 0 Å². The molecule has 0 aromatic rings. The minimum Gasteiger partial charge on any atom is -0.378 e. The maximum absolute atomic E-state index is 5.91. The van der Waals surface area contributed by atoms with Gasteiger partial charge in [0.15, 0.2) is 0 Å². The third kappa shape index (κ3) is 3.37. The minimum absolute atomic E-state index is 0.374. The molecule has 116 valence electrons. The molecule has 3 heteroatoms. The van der Waals surface area contributed by atoms with Crippen LogP contribution in [0.3, 0.4) is 0 Å². The molecule has 3 atom stereocenters. The lowest BCUT2D eigenvalue weighted by atomic mass is 9.90. The normalized spacial score (nSPS) is 39.9. The highest BCUT2D eigenvalue weighted by atomic mass is 16.5. The second-order valence-corrected chi connectivity index (χ2v) is 7.38. The van der Waals surface area contributed by atoms with Crippen molar-refractivity contribution < 1.29 is 4.74 Å². The van der Waals surface area contributed by atoms with Gasteiger partial charge in [-0.05, 0) is 57.8 Å². The fourth-order valence-electron chi connectivity index (χ4n) is 4.09. The van der Waals surface area contributed by atoms with E-state index in [1.54, 1.807) is 0 Å². The Labute approximate surface area is 124 Å². The third-order valence-electron chi connectivity index (χ3n) is 5.75. The predicted octanol–water partition coefficient (Wildman–Crippen LogP) is 2.80. The number of hydrogen-bond donors (Lipinski definition) is 1. The fraction of sp³-hybridized carbons (Fsp3) is 1.00. The molecule has 1 N–H and O–H groups in total. The summed E-state index contributed by atoms with van der Waals surface area (Å²) in [6.07, 6.45) is 9.80. The van der Waals surface area contributed by atoms with E-state index in [1.165, 1.54) is 64.6 Å². The average molecular weight is 280 g/mol. The zero-order valence-electron chi connectivity index (χ0n) is 13.4. The van der Waals surface area contributed by atoms with E-state index >= 15 is 0 Å². The molecule has 3 fully saturated rings. The van der Waals surface area contributed by atoms with E-state index in [0.717, 1.165) is 18.6 Å². The Bertz CT molecular complexity index is 312. The van der Waals surface area contributed by atoms with Crippen LogP contribution in [0.15, 0.2) is 0 Å². The van der Waals surface area contributed by atoms with Crippen LogP contribution in [0.1, 0.15) is 58.8 Å². The Morgan fingerprint density at radius 1 is 1.25 bits per heavy atom. The Morgan fingerprint density at radius 2 is 2.10 bits per heavy atom. The summed E-state index contributed by atoms with van der Waals surface area (Å²) in [5.41, 5.74) is 0.374. The van der Waals surface area contributed by atoms with E-state index in [0.29, 0.717) is 11.6 Å². The smallest absolute Gasteiger partial charge is 0.0587 e. The van der Waals surface area contributed by atoms with Crippen LogP contribution < -0.4 is 5.32 Å². The van der Waals surface area contributed by atoms with Gasteiger partial charge in [0.05, 0.1) is 6.10 Å². The topological polar surface area (TPSA) is 24.5 Å². The first-order valence-electron chi connectivity index (χ1n) is 8.82. The van der Waals surface area contributed by atoms with Gasteiger partial charge < -0.3 is 10.1 Å². The van der Waals surface area contributed by atoms with Crippen LogP contribution in [0.4, 0.5) is 0 Å². The maximum Gasteiger partial charge on any atom is 0.0587 e. The Balaban J connectivity index is 1.53. The van der Waals surface area contributed by atoms with Gasteiger partial charge in [-0.1, -0.05) is 6.92 Å². The number of piperazine rings is 1. The van der Waals surface area contributed by atoms with Crippen molar-refractivity contribution in [2.45, 2.75) is 76.5 Å². The van der Waals surface area contributed by atoms with Gasteiger partial charge in [-0.15, -0.1) is 0 Å². The van der Waals surface area contributed by atoms with Crippen molar-refractivity contribution >= 4 is 0 Å². The lowest BCUT2D eigenvalue weighted by Gasteiger charge is -2.47. The molecular formula is C17H32N2O. The van der Waals surface area contributed by atoms with E-state index in [-0.39, 0.29) is 0 Å². The first kappa shape index (κ1) is 14.8. The molecule has 0 aromatic heterocycles. The van der Waals surface area contributed by atoms with Crippen LogP contribution in [0, 0.1) is 5.92 Å². The Kier molecular flexibility index (Phi) is 4.68. The van der Waals surface area contributed by atoms with Crippen molar-refractivity contribution in [2.75, 3.05) is 26.2 Å². The molecule has 3 unspecified atom stereocenters. The van der Waals surface area contributed by atoms with Crippen LogP contribution >= 0.6 is 0 Å². The Morgan fingerprint density at radius 3 is 2.75 bits per heavy atom. The second kappa shape index (κ2) is 6.33. The molecule has 3 rings (SSSR count). The predicted molar refractivity (Wildman–Crippen MR) is 83.0 cm³/mol. The highest BCUT2D eigenvalue weighted by Crippen LogP contribution is 2.41. The van der Waals surface area contributed by atoms with Crippen LogP contribution in [-0.4, -0.2) is 48.8 Å². The quantitative estimate of drug-likeness (QED) is 0.838. The number of ether oxygens (including phenoxy) is 1. The molecule has 0 radical (unpaired) electrons. The second-order valence-electron chi connectivity index (χ2n) is 7.38. The summed E-state index contributed by atoms with van der Waals surface area (Å²) in [7, 11) is 0. The van der Waals surface area contributed by atoms with Crippen molar-refractivity contribution in [1.82, 2.24) is 10.2 Å². The van der Waals surface area contributed by atoms with Crippen molar-refractivity contribution in [3.05, 3.63) is 0 Å². The van der Waals surface area contributed by atoms with E-state index < -0.39 is 0 Å². The van der Waals surface area contributed by atoms with Gasteiger partial charge in [0.25, 0.3) is 0 Å². The molecule has 3 nitrogen and oxygen atoms in total. The number of rotatable bonds is 5. The number of nitrogens with one attached hydrogen (secondary N) is 1. The van der Waals surface area contributed by atoms with Gasteiger partial charge in [-0.3, -0.25) is 4.90 Å². The fourth-order valence-corrected chi connectivity index (χ4v) is 4.09. The molecule has 0 aromatic carbocycles. The van der Waals surface area contributed by atoms with E-state index in [4.69, 9.17) is 4.74 Å². The molecule has 3 aliphatic rings. The van der Waals surface area contributed by atoms with Gasteiger partial charge in [0, 0.05) is 37.8 Å². The summed E-state index contributed by atoms with van der Waals surface area (Å²) in [6, 6.07) is 0.727. The summed E-state index contributed by atoms with van der Waals surface area (Å²) in [5, 5.41) is 3.85. The molecule has 2 heterocycles. The molecule has 20 heavy (non-hydrogen) atoms. The van der Waals surface area contributed by atoms with Crippen LogP contribution in [0.2, 0.25) is 0 Å². The van der Waals surface area contributed by atoms with Gasteiger partial charge >= 0.3 is 0 Å². The van der Waals surface area contributed by atoms with Crippen molar-refractivity contribution in [1.29, 1.82) is 0 Å². The molecule has 1 saturated carbocycles. The summed E-state index contributed by atoms with van der Waals surface area (Å²) in [5.74, 6) is 0.925. The van der Waals surface area contributed by atoms with Crippen molar-refractivity contribution in [3.8, 4) is 0 Å². The zero-order chi connectivity index (χ0) is 14.0. The van der Waals surface area contributed by atoms with Crippen LogP contribution in [-0.2, 0) is 4.74 Å². The molecule has 0 bridgehead atoms. The first-order valence-corrected chi connectivity index (χ1v) is 8.82. The molecule has 1 aliphatic carbocycles. The molecule has 2 saturated heterocycles. The number of hydrogen-bond acceptors (Lipinski definition) is 3. The summed E-state index contributed by atoms with van der Waals surface area (Å²) >= 11 is 0. The lowest BCUT2D eigenvalue weighted by Crippen LogP contribution is -2.64. The largest absolute Gasteiger partial charge is 0.378 e. The van der Waals surface area contributed by atoms with Gasteiger partial charge in [0.1, 0.15) is 0 Å². The van der Waals surface area contributed by atoms with Crippen LogP contribution in [0.25, 0.3) is 0 Å². The Hall–Kier alpha value is -0.120. The molecular weight excluding hydrogens is 248 g/mol.